The van der Waals surface area contributed by atoms with E-state index in [1.165, 1.54) is 0 Å². The van der Waals surface area contributed by atoms with Crippen molar-refractivity contribution in [2.75, 3.05) is 11.5 Å². The minimum Gasteiger partial charge on any atom is -0.490 e. The molecule has 0 saturated carbocycles. The lowest BCUT2D eigenvalue weighted by Gasteiger charge is -2.26. The number of aryl methyl sites for hydroxylation is 3. The number of benzene rings is 3. The van der Waals surface area contributed by atoms with E-state index in [4.69, 9.17) is 9.15 Å². The van der Waals surface area contributed by atoms with Crippen LogP contribution in [-0.4, -0.2) is 12.5 Å². The van der Waals surface area contributed by atoms with Gasteiger partial charge in [0.25, 0.3) is 5.91 Å². The number of amides is 1. The molecule has 3 aromatic carbocycles. The van der Waals surface area contributed by atoms with E-state index in [0.717, 1.165) is 22.3 Å². The van der Waals surface area contributed by atoms with E-state index in [9.17, 15) is 9.59 Å². The fourth-order valence-electron chi connectivity index (χ4n) is 4.47. The molecule has 34 heavy (non-hydrogen) atoms. The number of anilines is 1. The SMILES string of the molecule is C=CCOc1cccc(C2c3c(oc4ccc(C)cc4c3=O)C(=O)N2c2ccc(C)c(C)c2)c1. The summed E-state index contributed by atoms with van der Waals surface area (Å²) in [6.45, 7) is 10.0. The van der Waals surface area contributed by atoms with Gasteiger partial charge in [0.1, 0.15) is 17.9 Å². The van der Waals surface area contributed by atoms with Crippen molar-refractivity contribution in [3.63, 3.8) is 0 Å². The molecular formula is C29H25NO4. The first kappa shape index (κ1) is 21.7. The second kappa shape index (κ2) is 8.34. The normalized spacial score (nSPS) is 15.0. The van der Waals surface area contributed by atoms with Crippen molar-refractivity contribution < 1.29 is 13.9 Å². The summed E-state index contributed by atoms with van der Waals surface area (Å²) in [7, 11) is 0. The number of rotatable bonds is 5. The van der Waals surface area contributed by atoms with E-state index >= 15 is 0 Å². The highest BCUT2D eigenvalue weighted by Gasteiger charge is 2.43. The van der Waals surface area contributed by atoms with Crippen LogP contribution in [0.4, 0.5) is 5.69 Å². The Morgan fingerprint density at radius 2 is 1.82 bits per heavy atom. The number of nitrogens with zero attached hydrogens (tertiary/aromatic N) is 1. The van der Waals surface area contributed by atoms with E-state index in [2.05, 4.69) is 6.58 Å². The number of fused-ring (bicyclic) bond motifs is 2. The van der Waals surface area contributed by atoms with Crippen molar-refractivity contribution in [2.45, 2.75) is 26.8 Å². The Bertz CT molecular complexity index is 1510. The number of carbonyl (C=O) groups excluding carboxylic acids is 1. The van der Waals surface area contributed by atoms with Crippen LogP contribution in [0.1, 0.15) is 44.4 Å². The van der Waals surface area contributed by atoms with Crippen LogP contribution < -0.4 is 15.1 Å². The Labute approximate surface area is 197 Å². The Morgan fingerprint density at radius 1 is 1.00 bits per heavy atom. The van der Waals surface area contributed by atoms with Gasteiger partial charge in [-0.2, -0.15) is 0 Å². The van der Waals surface area contributed by atoms with Gasteiger partial charge in [0, 0.05) is 5.69 Å². The van der Waals surface area contributed by atoms with E-state index in [0.29, 0.717) is 34.6 Å². The number of ether oxygens (including phenoxy) is 1. The summed E-state index contributed by atoms with van der Waals surface area (Å²) in [5.74, 6) is 0.390. The highest BCUT2D eigenvalue weighted by Crippen LogP contribution is 2.42. The maximum absolute atomic E-state index is 13.8. The molecular weight excluding hydrogens is 426 g/mol. The monoisotopic (exact) mass is 451 g/mol. The molecule has 1 aliphatic heterocycles. The second-order valence-electron chi connectivity index (χ2n) is 8.69. The number of hydrogen-bond acceptors (Lipinski definition) is 4. The zero-order valence-corrected chi connectivity index (χ0v) is 19.4. The van der Waals surface area contributed by atoms with Gasteiger partial charge in [0.15, 0.2) is 5.43 Å². The van der Waals surface area contributed by atoms with Gasteiger partial charge in [-0.1, -0.05) is 42.5 Å². The fourth-order valence-corrected chi connectivity index (χ4v) is 4.47. The zero-order chi connectivity index (χ0) is 24.0. The molecule has 5 heteroatoms. The highest BCUT2D eigenvalue weighted by atomic mass is 16.5. The standard InChI is InChI=1S/C29H25NO4/c1-5-13-33-22-8-6-7-20(16-22)26-25-27(31)23-14-17(2)9-12-24(23)34-28(25)29(32)30(26)21-11-10-18(3)19(4)15-21/h5-12,14-16,26H,1,13H2,2-4H3. The van der Waals surface area contributed by atoms with Crippen LogP contribution in [0.15, 0.2) is 82.5 Å². The van der Waals surface area contributed by atoms with Crippen LogP contribution in [0.25, 0.3) is 11.0 Å². The number of hydrogen-bond donors (Lipinski definition) is 0. The predicted octanol–water partition coefficient (Wildman–Crippen LogP) is 6.03. The van der Waals surface area contributed by atoms with Crippen molar-refractivity contribution >= 4 is 22.6 Å². The molecule has 1 aliphatic rings. The summed E-state index contributed by atoms with van der Waals surface area (Å²) < 4.78 is 11.8. The van der Waals surface area contributed by atoms with Crippen LogP contribution >= 0.6 is 0 Å². The van der Waals surface area contributed by atoms with Gasteiger partial charge in [0.05, 0.1) is 17.0 Å². The maximum atomic E-state index is 13.8. The summed E-state index contributed by atoms with van der Waals surface area (Å²) >= 11 is 0. The zero-order valence-electron chi connectivity index (χ0n) is 19.4. The van der Waals surface area contributed by atoms with E-state index in [1.807, 2.05) is 75.4 Å². The van der Waals surface area contributed by atoms with Crippen molar-refractivity contribution in [1.82, 2.24) is 0 Å². The van der Waals surface area contributed by atoms with E-state index in [1.54, 1.807) is 17.0 Å². The van der Waals surface area contributed by atoms with Gasteiger partial charge in [-0.05, 0) is 73.9 Å². The van der Waals surface area contributed by atoms with Gasteiger partial charge in [0.2, 0.25) is 5.76 Å². The topological polar surface area (TPSA) is 59.8 Å². The molecule has 1 aromatic heterocycles. The lowest BCUT2D eigenvalue weighted by Crippen LogP contribution is -2.29. The average molecular weight is 452 g/mol. The average Bonchev–Trinajstić information content (AvgIpc) is 3.13. The molecule has 1 unspecified atom stereocenters. The first-order chi connectivity index (χ1) is 16.4. The van der Waals surface area contributed by atoms with E-state index in [-0.39, 0.29) is 17.1 Å². The minimum atomic E-state index is -0.641. The third-order valence-electron chi connectivity index (χ3n) is 6.34. The first-order valence-corrected chi connectivity index (χ1v) is 11.2. The molecule has 0 N–H and O–H groups in total. The molecule has 5 rings (SSSR count). The molecule has 170 valence electrons. The summed E-state index contributed by atoms with van der Waals surface area (Å²) in [6, 6.07) is 18.1. The first-order valence-electron chi connectivity index (χ1n) is 11.2. The molecule has 5 nitrogen and oxygen atoms in total. The molecule has 1 atom stereocenters. The quantitative estimate of drug-likeness (QED) is 0.348. The smallest absolute Gasteiger partial charge is 0.295 e. The number of carbonyl (C=O) groups is 1. The maximum Gasteiger partial charge on any atom is 0.295 e. The van der Waals surface area contributed by atoms with Crippen molar-refractivity contribution in [2.24, 2.45) is 0 Å². The van der Waals surface area contributed by atoms with Crippen LogP contribution in [0.5, 0.6) is 5.75 Å². The van der Waals surface area contributed by atoms with Gasteiger partial charge in [-0.25, -0.2) is 0 Å². The highest BCUT2D eigenvalue weighted by molar-refractivity contribution is 6.10. The molecule has 4 aromatic rings. The summed E-state index contributed by atoms with van der Waals surface area (Å²) in [5.41, 5.74) is 5.18. The Balaban J connectivity index is 1.77. The van der Waals surface area contributed by atoms with Crippen LogP contribution in [0.2, 0.25) is 0 Å². The Hall–Kier alpha value is -4.12. The third kappa shape index (κ3) is 3.50. The van der Waals surface area contributed by atoms with Crippen LogP contribution in [-0.2, 0) is 0 Å². The molecule has 0 saturated heterocycles. The minimum absolute atomic E-state index is 0.0852. The fraction of sp³-hybridized carbons (Fsp3) is 0.172. The Kier molecular flexibility index (Phi) is 5.33. The van der Waals surface area contributed by atoms with Crippen molar-refractivity contribution in [3.8, 4) is 5.75 Å². The molecule has 1 amide bonds. The van der Waals surface area contributed by atoms with Gasteiger partial charge < -0.3 is 9.15 Å². The van der Waals surface area contributed by atoms with Crippen LogP contribution in [0, 0.1) is 20.8 Å². The Morgan fingerprint density at radius 3 is 2.59 bits per heavy atom. The molecule has 2 heterocycles. The van der Waals surface area contributed by atoms with Gasteiger partial charge in [-0.3, -0.25) is 14.5 Å². The molecule has 0 spiro atoms. The lowest BCUT2D eigenvalue weighted by atomic mass is 9.97. The lowest BCUT2D eigenvalue weighted by molar-refractivity contribution is 0.0971. The van der Waals surface area contributed by atoms with Gasteiger partial charge in [-0.15, -0.1) is 0 Å². The molecule has 0 bridgehead atoms. The summed E-state index contributed by atoms with van der Waals surface area (Å²) in [4.78, 5) is 29.2. The van der Waals surface area contributed by atoms with Crippen molar-refractivity contribution in [3.05, 3.63) is 117 Å². The van der Waals surface area contributed by atoms with Crippen LogP contribution in [0.3, 0.4) is 0 Å². The molecule has 0 aliphatic carbocycles. The predicted molar refractivity (Wildman–Crippen MR) is 134 cm³/mol. The van der Waals surface area contributed by atoms with Crippen molar-refractivity contribution in [1.29, 1.82) is 0 Å². The molecule has 0 fully saturated rings. The van der Waals surface area contributed by atoms with E-state index < -0.39 is 6.04 Å². The molecule has 0 radical (unpaired) electrons. The summed E-state index contributed by atoms with van der Waals surface area (Å²) in [6.07, 6.45) is 1.67. The summed E-state index contributed by atoms with van der Waals surface area (Å²) in [5, 5.41) is 0.470. The second-order valence-corrected chi connectivity index (χ2v) is 8.69. The van der Waals surface area contributed by atoms with Gasteiger partial charge >= 0.3 is 0 Å². The largest absolute Gasteiger partial charge is 0.490 e. The third-order valence-corrected chi connectivity index (χ3v) is 6.34.